The van der Waals surface area contributed by atoms with Gasteiger partial charge in [0.15, 0.2) is 5.60 Å². The third-order valence-electron chi connectivity index (χ3n) is 10.3. The molecule has 4 heterocycles. The standard InChI is InChI=1S/C38H43N7O4/c1-28(9-7-8-23-42-26-30(18-24-46)40-41-42)38(49)33-12-5-6-13-34(33)43(36(38)48)25-29-14-16-31(17-15-29)44-27-45(32-10-3-2-4-11-32)37(35(44)47)19-21-39-22-20-37/h2-7,9-17,26,28,39,46,49H,8,18-25,27H2,1H3/b9-7+/t28-,38+/m1/s1. The minimum atomic E-state index is -1.71. The Morgan fingerprint density at radius 3 is 2.43 bits per heavy atom. The molecule has 2 atom stereocenters. The number of aryl methyl sites for hydroxylation is 1. The van der Waals surface area contributed by atoms with Crippen LogP contribution in [0.2, 0.25) is 0 Å². The number of nitrogens with one attached hydrogen (secondary N) is 1. The van der Waals surface area contributed by atoms with E-state index in [1.807, 2.05) is 96.9 Å². The van der Waals surface area contributed by atoms with E-state index in [1.165, 1.54) is 0 Å². The molecule has 0 unspecified atom stereocenters. The predicted octanol–water partition coefficient (Wildman–Crippen LogP) is 3.76. The first kappa shape index (κ1) is 32.7. The molecule has 0 aliphatic carbocycles. The highest BCUT2D eigenvalue weighted by atomic mass is 16.3. The normalized spacial score (nSPS) is 20.9. The summed E-state index contributed by atoms with van der Waals surface area (Å²) in [4.78, 5) is 33.9. The second-order valence-electron chi connectivity index (χ2n) is 13.2. The molecule has 3 aliphatic heterocycles. The zero-order valence-electron chi connectivity index (χ0n) is 27.8. The van der Waals surface area contributed by atoms with E-state index in [4.69, 9.17) is 5.11 Å². The summed E-state index contributed by atoms with van der Waals surface area (Å²) in [5, 5.41) is 32.7. The quantitative estimate of drug-likeness (QED) is 0.208. The summed E-state index contributed by atoms with van der Waals surface area (Å²) < 4.78 is 1.72. The number of aliphatic hydroxyl groups is 2. The highest BCUT2D eigenvalue weighted by molar-refractivity contribution is 6.07. The number of carbonyl (C=O) groups excluding carboxylic acids is 2. The summed E-state index contributed by atoms with van der Waals surface area (Å²) in [7, 11) is 0. The predicted molar refractivity (Wildman–Crippen MR) is 188 cm³/mol. The van der Waals surface area contributed by atoms with Crippen molar-refractivity contribution < 1.29 is 19.8 Å². The number of amides is 2. The average Bonchev–Trinajstić information content (AvgIpc) is 3.76. The van der Waals surface area contributed by atoms with Gasteiger partial charge in [-0.05, 0) is 68.2 Å². The van der Waals surface area contributed by atoms with Crippen LogP contribution in [0.15, 0.2) is 97.2 Å². The van der Waals surface area contributed by atoms with Crippen LogP contribution in [-0.4, -0.2) is 68.9 Å². The van der Waals surface area contributed by atoms with Crippen LogP contribution in [0.1, 0.15) is 43.0 Å². The molecule has 2 amide bonds. The SMILES string of the molecule is C[C@H](/C=C/CCn1cc(CCO)nn1)[C@@]1(O)C(=O)N(Cc2ccc(N3CN(c4ccccc4)C4(CCNCC4)C3=O)cc2)c2ccccc21. The van der Waals surface area contributed by atoms with Crippen LogP contribution in [0.4, 0.5) is 17.1 Å². The number of hydrogen-bond donors (Lipinski definition) is 3. The number of benzene rings is 3. The van der Waals surface area contributed by atoms with Gasteiger partial charge in [-0.25, -0.2) is 0 Å². The van der Waals surface area contributed by atoms with Gasteiger partial charge in [-0.3, -0.25) is 19.2 Å². The van der Waals surface area contributed by atoms with Crippen molar-refractivity contribution in [2.75, 3.05) is 41.1 Å². The third-order valence-corrected chi connectivity index (χ3v) is 10.3. The molecule has 0 bridgehead atoms. The Labute approximate surface area is 286 Å². The molecule has 254 valence electrons. The Hall–Kier alpha value is -4.84. The average molecular weight is 662 g/mol. The van der Waals surface area contributed by atoms with E-state index in [-0.39, 0.29) is 25.0 Å². The Morgan fingerprint density at radius 1 is 0.939 bits per heavy atom. The number of aromatic nitrogens is 3. The fourth-order valence-electron chi connectivity index (χ4n) is 7.51. The van der Waals surface area contributed by atoms with Crippen molar-refractivity contribution in [2.45, 2.75) is 56.8 Å². The first-order valence-electron chi connectivity index (χ1n) is 17.1. The van der Waals surface area contributed by atoms with Crippen LogP contribution in [-0.2, 0) is 34.7 Å². The molecule has 0 saturated carbocycles. The van der Waals surface area contributed by atoms with Crippen molar-refractivity contribution in [3.8, 4) is 0 Å². The van der Waals surface area contributed by atoms with Gasteiger partial charge in [0.1, 0.15) is 5.54 Å². The summed E-state index contributed by atoms with van der Waals surface area (Å²) in [5.41, 5.74) is 2.51. The topological polar surface area (TPSA) is 127 Å². The number of piperidine rings is 1. The van der Waals surface area contributed by atoms with Gasteiger partial charge in [0, 0.05) is 48.6 Å². The maximum Gasteiger partial charge on any atom is 0.264 e. The molecule has 2 fully saturated rings. The monoisotopic (exact) mass is 661 g/mol. The molecule has 0 radical (unpaired) electrons. The molecular formula is C38H43N7O4. The summed E-state index contributed by atoms with van der Waals surface area (Å²) >= 11 is 0. The van der Waals surface area contributed by atoms with Crippen LogP contribution in [0.5, 0.6) is 0 Å². The Bertz CT molecular complexity index is 1820. The molecule has 3 N–H and O–H groups in total. The lowest BCUT2D eigenvalue weighted by Crippen LogP contribution is -2.55. The molecule has 7 rings (SSSR count). The van der Waals surface area contributed by atoms with E-state index < -0.39 is 17.1 Å². The Kier molecular flexibility index (Phi) is 9.06. The Balaban J connectivity index is 1.06. The molecular weight excluding hydrogens is 618 g/mol. The summed E-state index contributed by atoms with van der Waals surface area (Å²) in [6.07, 6.45) is 8.27. The minimum absolute atomic E-state index is 0.0268. The molecule has 3 aliphatic rings. The lowest BCUT2D eigenvalue weighted by Gasteiger charge is -2.39. The number of rotatable bonds is 11. The van der Waals surface area contributed by atoms with Gasteiger partial charge in [-0.1, -0.05) is 72.8 Å². The van der Waals surface area contributed by atoms with Crippen LogP contribution < -0.4 is 20.0 Å². The van der Waals surface area contributed by atoms with Crippen molar-refractivity contribution in [3.63, 3.8) is 0 Å². The first-order valence-corrected chi connectivity index (χ1v) is 17.1. The van der Waals surface area contributed by atoms with E-state index in [0.29, 0.717) is 37.3 Å². The van der Waals surface area contributed by atoms with Crippen molar-refractivity contribution in [1.82, 2.24) is 20.3 Å². The number of aliphatic hydroxyl groups excluding tert-OH is 1. The zero-order valence-corrected chi connectivity index (χ0v) is 27.8. The van der Waals surface area contributed by atoms with Gasteiger partial charge in [0.25, 0.3) is 11.8 Å². The van der Waals surface area contributed by atoms with Gasteiger partial charge in [0.2, 0.25) is 0 Å². The number of nitrogens with zero attached hydrogens (tertiary/aromatic N) is 6. The molecule has 3 aromatic carbocycles. The van der Waals surface area contributed by atoms with Crippen LogP contribution >= 0.6 is 0 Å². The largest absolute Gasteiger partial charge is 0.396 e. The lowest BCUT2D eigenvalue weighted by atomic mass is 9.83. The number of allylic oxidation sites excluding steroid dienone is 1. The van der Waals surface area contributed by atoms with Gasteiger partial charge in [-0.2, -0.15) is 0 Å². The molecule has 4 aromatic rings. The molecule has 2 saturated heterocycles. The Morgan fingerprint density at radius 2 is 1.67 bits per heavy atom. The molecule has 11 nitrogen and oxygen atoms in total. The fourth-order valence-corrected chi connectivity index (χ4v) is 7.51. The van der Waals surface area contributed by atoms with E-state index in [2.05, 4.69) is 32.7 Å². The van der Waals surface area contributed by atoms with E-state index in [0.717, 1.165) is 48.6 Å². The van der Waals surface area contributed by atoms with Crippen LogP contribution in [0.25, 0.3) is 0 Å². The van der Waals surface area contributed by atoms with E-state index >= 15 is 0 Å². The minimum Gasteiger partial charge on any atom is -0.396 e. The van der Waals surface area contributed by atoms with E-state index in [1.54, 1.807) is 9.58 Å². The molecule has 11 heteroatoms. The van der Waals surface area contributed by atoms with E-state index in [9.17, 15) is 14.7 Å². The van der Waals surface area contributed by atoms with Gasteiger partial charge < -0.3 is 25.3 Å². The lowest BCUT2D eigenvalue weighted by molar-refractivity contribution is -0.139. The van der Waals surface area contributed by atoms with Crippen molar-refractivity contribution in [1.29, 1.82) is 0 Å². The highest BCUT2D eigenvalue weighted by Gasteiger charge is 2.54. The molecule has 1 spiro atoms. The summed E-state index contributed by atoms with van der Waals surface area (Å²) in [6, 6.07) is 25.5. The number of para-hydroxylation sites is 2. The molecule has 49 heavy (non-hydrogen) atoms. The summed E-state index contributed by atoms with van der Waals surface area (Å²) in [6.45, 7) is 4.84. The zero-order chi connectivity index (χ0) is 34.0. The number of hydrogen-bond acceptors (Lipinski definition) is 8. The number of carbonyl (C=O) groups is 2. The van der Waals surface area contributed by atoms with Crippen LogP contribution in [0, 0.1) is 5.92 Å². The third kappa shape index (κ3) is 5.92. The summed E-state index contributed by atoms with van der Waals surface area (Å²) in [5.74, 6) is -0.722. The van der Waals surface area contributed by atoms with Gasteiger partial charge in [0.05, 0.1) is 24.6 Å². The van der Waals surface area contributed by atoms with Crippen molar-refractivity contribution in [2.24, 2.45) is 5.92 Å². The maximum absolute atomic E-state index is 14.1. The molecule has 1 aromatic heterocycles. The first-order chi connectivity index (χ1) is 23.8. The smallest absolute Gasteiger partial charge is 0.264 e. The van der Waals surface area contributed by atoms with Gasteiger partial charge in [-0.15, -0.1) is 5.10 Å². The van der Waals surface area contributed by atoms with Crippen LogP contribution in [0.3, 0.4) is 0 Å². The maximum atomic E-state index is 14.1. The second-order valence-corrected chi connectivity index (χ2v) is 13.2. The number of fused-ring (bicyclic) bond motifs is 1. The fraction of sp³-hybridized carbons (Fsp3) is 0.368. The second kappa shape index (κ2) is 13.6. The van der Waals surface area contributed by atoms with Crippen molar-refractivity contribution >= 4 is 28.9 Å². The number of anilines is 3. The van der Waals surface area contributed by atoms with Crippen molar-refractivity contribution in [3.05, 3.63) is 114 Å². The van der Waals surface area contributed by atoms with Gasteiger partial charge >= 0.3 is 0 Å². The highest BCUT2D eigenvalue weighted by Crippen LogP contribution is 2.46.